The van der Waals surface area contributed by atoms with Crippen LogP contribution in [0.4, 0.5) is 5.82 Å². The number of hydrogen-bond donors (Lipinski definition) is 2. The third kappa shape index (κ3) is 3.66. The fourth-order valence-corrected chi connectivity index (χ4v) is 3.31. The predicted octanol–water partition coefficient (Wildman–Crippen LogP) is 3.91. The topological polar surface area (TPSA) is 87.3 Å². The Morgan fingerprint density at radius 1 is 1.27 bits per heavy atom. The molecule has 1 unspecified atom stereocenters. The van der Waals surface area contributed by atoms with Gasteiger partial charge in [-0.25, -0.2) is 4.98 Å². The largest absolute Gasteiger partial charge is 0.474 e. The molecule has 1 aliphatic rings. The molecule has 0 saturated carbocycles. The number of likely N-dealkylation sites (N-methyl/N-ethyl adjacent to an activating group) is 1. The summed E-state index contributed by atoms with van der Waals surface area (Å²) < 4.78 is 5.74. The number of ether oxygens (including phenoxy) is 1. The Morgan fingerprint density at radius 3 is 2.80 bits per heavy atom. The van der Waals surface area contributed by atoms with E-state index in [4.69, 9.17) is 4.74 Å². The minimum Gasteiger partial charge on any atom is -0.474 e. The van der Waals surface area contributed by atoms with Crippen molar-refractivity contribution >= 4 is 34.6 Å². The minimum atomic E-state index is -0.970. The molecule has 0 aliphatic carbocycles. The second-order valence-electron chi connectivity index (χ2n) is 7.95. The number of benzene rings is 1. The van der Waals surface area contributed by atoms with Gasteiger partial charge in [-0.2, -0.15) is 0 Å². The van der Waals surface area contributed by atoms with Crippen LogP contribution in [0.5, 0.6) is 5.75 Å². The zero-order chi connectivity index (χ0) is 21.5. The number of nitrogens with zero attached hydrogens (tertiary/aromatic N) is 2. The Kier molecular flexibility index (Phi) is 4.81. The van der Waals surface area contributed by atoms with Crippen molar-refractivity contribution in [2.24, 2.45) is 0 Å². The summed E-state index contributed by atoms with van der Waals surface area (Å²) in [6.45, 7) is 5.37. The molecule has 3 heterocycles. The molecular formula is C23H24N4O3. The van der Waals surface area contributed by atoms with Crippen LogP contribution in [-0.4, -0.2) is 39.3 Å². The Balaban J connectivity index is 1.48. The highest BCUT2D eigenvalue weighted by Crippen LogP contribution is 2.32. The molecule has 0 radical (unpaired) electrons. The average Bonchev–Trinajstić information content (AvgIpc) is 3.15. The summed E-state index contributed by atoms with van der Waals surface area (Å²) in [6, 6.07) is 11.7. The van der Waals surface area contributed by atoms with E-state index in [-0.39, 0.29) is 17.9 Å². The van der Waals surface area contributed by atoms with Gasteiger partial charge in [0.25, 0.3) is 5.91 Å². The number of aromatic nitrogens is 2. The van der Waals surface area contributed by atoms with E-state index in [2.05, 4.69) is 21.4 Å². The van der Waals surface area contributed by atoms with Crippen molar-refractivity contribution in [2.45, 2.75) is 32.4 Å². The van der Waals surface area contributed by atoms with Gasteiger partial charge in [-0.1, -0.05) is 18.2 Å². The SMILES string of the molecule is CC(c1cc2ccccc2[nH]1)N(C)C(=O)C=Cc1cnc2c(c1)OC(C)(C)C(=O)N2. The molecule has 1 aromatic carbocycles. The molecule has 0 bridgehead atoms. The number of amides is 2. The third-order valence-corrected chi connectivity index (χ3v) is 5.37. The molecule has 2 amide bonds. The summed E-state index contributed by atoms with van der Waals surface area (Å²) in [5.74, 6) is 0.489. The lowest BCUT2D eigenvalue weighted by molar-refractivity contribution is -0.129. The number of para-hydroxylation sites is 1. The molecule has 154 valence electrons. The minimum absolute atomic E-state index is 0.115. The van der Waals surface area contributed by atoms with Gasteiger partial charge in [0, 0.05) is 30.5 Å². The van der Waals surface area contributed by atoms with Gasteiger partial charge in [0.05, 0.1) is 6.04 Å². The molecule has 0 saturated heterocycles. The first-order valence-corrected chi connectivity index (χ1v) is 9.77. The number of H-pyrrole nitrogens is 1. The summed E-state index contributed by atoms with van der Waals surface area (Å²) in [4.78, 5) is 33.9. The van der Waals surface area contributed by atoms with Crippen LogP contribution in [0.3, 0.4) is 0 Å². The highest BCUT2D eigenvalue weighted by atomic mass is 16.5. The van der Waals surface area contributed by atoms with Gasteiger partial charge in [-0.3, -0.25) is 9.59 Å². The molecule has 0 fully saturated rings. The molecule has 2 N–H and O–H groups in total. The zero-order valence-corrected chi connectivity index (χ0v) is 17.4. The lowest BCUT2D eigenvalue weighted by Gasteiger charge is -2.30. The lowest BCUT2D eigenvalue weighted by Crippen LogP contribution is -2.46. The van der Waals surface area contributed by atoms with Gasteiger partial charge >= 0.3 is 0 Å². The fraction of sp³-hybridized carbons (Fsp3) is 0.261. The van der Waals surface area contributed by atoms with Crippen LogP contribution < -0.4 is 10.1 Å². The molecule has 1 aliphatic heterocycles. The Hall–Kier alpha value is -3.61. The number of rotatable bonds is 4. The van der Waals surface area contributed by atoms with Crippen LogP contribution in [-0.2, 0) is 9.59 Å². The van der Waals surface area contributed by atoms with E-state index in [1.165, 1.54) is 6.08 Å². The molecule has 7 nitrogen and oxygen atoms in total. The Bertz CT molecular complexity index is 1130. The van der Waals surface area contributed by atoms with Crippen molar-refractivity contribution in [3.63, 3.8) is 0 Å². The molecule has 30 heavy (non-hydrogen) atoms. The van der Waals surface area contributed by atoms with Crippen molar-refractivity contribution in [1.29, 1.82) is 0 Å². The Morgan fingerprint density at radius 2 is 2.03 bits per heavy atom. The number of carbonyl (C=O) groups excluding carboxylic acids is 2. The maximum atomic E-state index is 12.7. The molecule has 2 aromatic heterocycles. The van der Waals surface area contributed by atoms with E-state index < -0.39 is 5.60 Å². The standard InChI is InChI=1S/C23H24N4O3/c1-14(18-12-16-7-5-6-8-17(16)25-18)27(4)20(28)10-9-15-11-19-21(24-13-15)26-22(29)23(2,3)30-19/h5-14,25H,1-4H3,(H,24,26,29). The molecular weight excluding hydrogens is 380 g/mol. The smallest absolute Gasteiger partial charge is 0.269 e. The molecule has 4 rings (SSSR count). The average molecular weight is 404 g/mol. The van der Waals surface area contributed by atoms with Crippen molar-refractivity contribution in [3.8, 4) is 5.75 Å². The van der Waals surface area contributed by atoms with Gasteiger partial charge in [-0.05, 0) is 56.0 Å². The van der Waals surface area contributed by atoms with Gasteiger partial charge in [0.1, 0.15) is 0 Å². The highest BCUT2D eigenvalue weighted by molar-refractivity contribution is 5.99. The number of hydrogen-bond acceptors (Lipinski definition) is 4. The monoisotopic (exact) mass is 404 g/mol. The van der Waals surface area contributed by atoms with Crippen LogP contribution >= 0.6 is 0 Å². The van der Waals surface area contributed by atoms with Crippen LogP contribution in [0.2, 0.25) is 0 Å². The summed E-state index contributed by atoms with van der Waals surface area (Å²) in [7, 11) is 1.77. The number of anilines is 1. The second-order valence-corrected chi connectivity index (χ2v) is 7.95. The van der Waals surface area contributed by atoms with Crippen LogP contribution in [0.1, 0.15) is 38.1 Å². The van der Waals surface area contributed by atoms with Gasteiger partial charge in [0.2, 0.25) is 5.91 Å². The van der Waals surface area contributed by atoms with Crippen LogP contribution in [0, 0.1) is 0 Å². The van der Waals surface area contributed by atoms with E-state index in [9.17, 15) is 9.59 Å². The van der Waals surface area contributed by atoms with E-state index in [1.807, 2.05) is 31.2 Å². The molecule has 0 spiro atoms. The van der Waals surface area contributed by atoms with E-state index in [0.717, 1.165) is 16.6 Å². The van der Waals surface area contributed by atoms with Gasteiger partial charge in [-0.15, -0.1) is 0 Å². The third-order valence-electron chi connectivity index (χ3n) is 5.37. The number of pyridine rings is 1. The van der Waals surface area contributed by atoms with E-state index in [1.54, 1.807) is 44.1 Å². The summed E-state index contributed by atoms with van der Waals surface area (Å²) in [5, 5.41) is 3.84. The maximum absolute atomic E-state index is 12.7. The first-order valence-electron chi connectivity index (χ1n) is 9.77. The number of aromatic amines is 1. The maximum Gasteiger partial charge on any atom is 0.269 e. The number of fused-ring (bicyclic) bond motifs is 2. The number of nitrogens with one attached hydrogen (secondary N) is 2. The summed E-state index contributed by atoms with van der Waals surface area (Å²) >= 11 is 0. The van der Waals surface area contributed by atoms with Crippen LogP contribution in [0.15, 0.2) is 48.7 Å². The Labute approximate surface area is 174 Å². The highest BCUT2D eigenvalue weighted by Gasteiger charge is 2.36. The first-order chi connectivity index (χ1) is 14.2. The van der Waals surface area contributed by atoms with Crippen molar-refractivity contribution < 1.29 is 14.3 Å². The van der Waals surface area contributed by atoms with Crippen molar-refractivity contribution in [2.75, 3.05) is 12.4 Å². The quantitative estimate of drug-likeness (QED) is 0.646. The van der Waals surface area contributed by atoms with Gasteiger partial charge in [0.15, 0.2) is 17.2 Å². The van der Waals surface area contributed by atoms with Crippen molar-refractivity contribution in [1.82, 2.24) is 14.9 Å². The normalized spacial score (nSPS) is 16.1. The van der Waals surface area contributed by atoms with Crippen LogP contribution in [0.25, 0.3) is 17.0 Å². The van der Waals surface area contributed by atoms with E-state index in [0.29, 0.717) is 17.1 Å². The fourth-order valence-electron chi connectivity index (χ4n) is 3.31. The van der Waals surface area contributed by atoms with Gasteiger partial charge < -0.3 is 19.9 Å². The lowest BCUT2D eigenvalue weighted by atomic mass is 10.1. The number of carbonyl (C=O) groups is 2. The summed E-state index contributed by atoms with van der Waals surface area (Å²) in [6.07, 6.45) is 4.79. The molecule has 1 atom stereocenters. The van der Waals surface area contributed by atoms with Crippen molar-refractivity contribution in [3.05, 3.63) is 59.9 Å². The first kappa shape index (κ1) is 19.7. The zero-order valence-electron chi connectivity index (χ0n) is 17.4. The molecule has 3 aromatic rings. The van der Waals surface area contributed by atoms with E-state index >= 15 is 0 Å². The molecule has 7 heteroatoms. The predicted molar refractivity (Wildman–Crippen MR) is 116 cm³/mol. The second kappa shape index (κ2) is 7.33. The summed E-state index contributed by atoms with van der Waals surface area (Å²) in [5.41, 5.74) is 1.76.